The quantitative estimate of drug-likeness (QED) is 0.191. The molecule has 6 rings (SSSR count). The predicted molar refractivity (Wildman–Crippen MR) is 149 cm³/mol. The molecule has 1 fully saturated rings. The Kier molecular flexibility index (Phi) is 6.23. The molecule has 2 unspecified atom stereocenters. The van der Waals surface area contributed by atoms with E-state index in [1.54, 1.807) is 43.5 Å². The molecule has 2 aliphatic heterocycles. The van der Waals surface area contributed by atoms with Gasteiger partial charge in [-0.3, -0.25) is 14.5 Å². The summed E-state index contributed by atoms with van der Waals surface area (Å²) in [6.45, 7) is 4.41. The molecule has 198 valence electrons. The van der Waals surface area contributed by atoms with Crippen LogP contribution >= 0.6 is 11.3 Å². The molecule has 8 nitrogen and oxygen atoms in total. The number of nitrogens with zero attached hydrogens (tertiary/aromatic N) is 2. The van der Waals surface area contributed by atoms with Crippen LogP contribution in [0.4, 0.5) is 5.13 Å². The number of fused-ring (bicyclic) bond motifs is 2. The largest absolute Gasteiger partial charge is 0.507 e. The van der Waals surface area contributed by atoms with Crippen LogP contribution in [-0.2, 0) is 16.0 Å². The molecule has 2 atom stereocenters. The van der Waals surface area contributed by atoms with Crippen LogP contribution in [0.1, 0.15) is 36.6 Å². The van der Waals surface area contributed by atoms with Crippen LogP contribution in [0.15, 0.2) is 66.2 Å². The summed E-state index contributed by atoms with van der Waals surface area (Å²) >= 11 is 1.28. The summed E-state index contributed by atoms with van der Waals surface area (Å²) in [6, 6.07) is 17.0. The third-order valence-corrected chi connectivity index (χ3v) is 7.91. The van der Waals surface area contributed by atoms with Gasteiger partial charge in [0, 0.05) is 12.0 Å². The number of aliphatic hydroxyl groups excluding tert-OH is 1. The number of aliphatic hydroxyl groups is 1. The highest BCUT2D eigenvalue weighted by atomic mass is 32.1. The number of rotatable bonds is 6. The van der Waals surface area contributed by atoms with Gasteiger partial charge in [-0.2, -0.15) is 0 Å². The zero-order chi connectivity index (χ0) is 27.3. The Balaban J connectivity index is 1.52. The molecule has 0 aliphatic carbocycles. The van der Waals surface area contributed by atoms with Crippen molar-refractivity contribution in [2.45, 2.75) is 32.4 Å². The predicted octanol–water partition coefficient (Wildman–Crippen LogP) is 5.65. The molecule has 1 N–H and O–H groups in total. The first-order valence-electron chi connectivity index (χ1n) is 12.7. The minimum atomic E-state index is -0.907. The van der Waals surface area contributed by atoms with Crippen LogP contribution in [0.2, 0.25) is 0 Å². The molecule has 0 spiro atoms. The third-order valence-electron chi connectivity index (χ3n) is 6.89. The van der Waals surface area contributed by atoms with E-state index in [0.717, 1.165) is 16.0 Å². The Morgan fingerprint density at radius 3 is 2.77 bits per heavy atom. The lowest BCUT2D eigenvalue weighted by atomic mass is 9.94. The lowest BCUT2D eigenvalue weighted by Crippen LogP contribution is -2.29. The van der Waals surface area contributed by atoms with Crippen LogP contribution in [0.25, 0.3) is 16.0 Å². The number of hydrogen-bond acceptors (Lipinski definition) is 8. The van der Waals surface area contributed by atoms with Crippen LogP contribution in [0.3, 0.4) is 0 Å². The van der Waals surface area contributed by atoms with Crippen LogP contribution in [0, 0.1) is 0 Å². The Labute approximate surface area is 229 Å². The topological polar surface area (TPSA) is 98.2 Å². The van der Waals surface area contributed by atoms with Crippen molar-refractivity contribution in [1.29, 1.82) is 0 Å². The lowest BCUT2D eigenvalue weighted by molar-refractivity contribution is -0.132. The maximum absolute atomic E-state index is 13.6. The number of Topliss-reactive ketones (excluding diaryl/α,β-unsaturated/α-hetero) is 1. The smallest absolute Gasteiger partial charge is 0.301 e. The summed E-state index contributed by atoms with van der Waals surface area (Å²) in [7, 11) is 1.55. The average molecular weight is 543 g/mol. The first-order valence-corrected chi connectivity index (χ1v) is 13.5. The molecule has 0 bridgehead atoms. The van der Waals surface area contributed by atoms with E-state index >= 15 is 0 Å². The number of ketones is 1. The lowest BCUT2D eigenvalue weighted by Gasteiger charge is -2.23. The van der Waals surface area contributed by atoms with Gasteiger partial charge in [0.05, 0.1) is 35.5 Å². The van der Waals surface area contributed by atoms with Crippen molar-refractivity contribution >= 4 is 44.1 Å². The molecule has 1 amide bonds. The molecule has 3 heterocycles. The van der Waals surface area contributed by atoms with Gasteiger partial charge < -0.3 is 19.3 Å². The number of thiazole rings is 1. The van der Waals surface area contributed by atoms with Crippen molar-refractivity contribution in [3.05, 3.63) is 82.9 Å². The number of carbonyl (C=O) groups excluding carboxylic acids is 2. The second kappa shape index (κ2) is 9.74. The summed E-state index contributed by atoms with van der Waals surface area (Å²) in [6.07, 6.45) is 0.724. The van der Waals surface area contributed by atoms with Gasteiger partial charge in [0.15, 0.2) is 5.13 Å². The van der Waals surface area contributed by atoms with Crippen molar-refractivity contribution in [2.75, 3.05) is 18.6 Å². The molecular weight excluding hydrogens is 516 g/mol. The fourth-order valence-corrected chi connectivity index (χ4v) is 6.15. The minimum absolute atomic E-state index is 0.00516. The SMILES string of the molecule is CCOc1ccc2nc(N3C(=O)C(=O)/C(=C(\O)c4ccc5c(c4)CC(C)O5)C3c3cccc(OC)c3)sc2c1. The van der Waals surface area contributed by atoms with Crippen molar-refractivity contribution in [1.82, 2.24) is 4.98 Å². The zero-order valence-corrected chi connectivity index (χ0v) is 22.5. The molecule has 9 heteroatoms. The van der Waals surface area contributed by atoms with Crippen LogP contribution < -0.4 is 19.1 Å². The number of hydrogen-bond donors (Lipinski definition) is 1. The summed E-state index contributed by atoms with van der Waals surface area (Å²) in [5.74, 6) is 0.232. The molecular formula is C30H26N2O6S. The van der Waals surface area contributed by atoms with Gasteiger partial charge in [-0.25, -0.2) is 4.98 Å². The molecule has 3 aromatic carbocycles. The molecule has 4 aromatic rings. The Morgan fingerprint density at radius 2 is 1.97 bits per heavy atom. The molecule has 39 heavy (non-hydrogen) atoms. The number of carbonyl (C=O) groups is 2. The van der Waals surface area contributed by atoms with Crippen molar-refractivity contribution in [3.63, 3.8) is 0 Å². The molecule has 2 aliphatic rings. The van der Waals surface area contributed by atoms with E-state index in [4.69, 9.17) is 14.2 Å². The maximum Gasteiger partial charge on any atom is 0.301 e. The van der Waals surface area contributed by atoms with Crippen LogP contribution in [0.5, 0.6) is 17.2 Å². The Hall–Kier alpha value is -4.37. The van der Waals surface area contributed by atoms with Crippen molar-refractivity contribution < 1.29 is 28.9 Å². The maximum atomic E-state index is 13.6. The van der Waals surface area contributed by atoms with E-state index in [1.165, 1.54) is 16.2 Å². The van der Waals surface area contributed by atoms with E-state index in [1.807, 2.05) is 38.1 Å². The van der Waals surface area contributed by atoms with Crippen molar-refractivity contribution in [3.8, 4) is 17.2 Å². The summed E-state index contributed by atoms with van der Waals surface area (Å²) in [5, 5.41) is 11.9. The highest BCUT2D eigenvalue weighted by Gasteiger charge is 2.48. The number of amides is 1. The van der Waals surface area contributed by atoms with E-state index < -0.39 is 17.7 Å². The van der Waals surface area contributed by atoms with E-state index in [-0.39, 0.29) is 17.4 Å². The van der Waals surface area contributed by atoms with Gasteiger partial charge in [-0.1, -0.05) is 23.5 Å². The zero-order valence-electron chi connectivity index (χ0n) is 21.6. The minimum Gasteiger partial charge on any atom is -0.507 e. The van der Waals surface area contributed by atoms with Gasteiger partial charge in [0.25, 0.3) is 5.78 Å². The fourth-order valence-electron chi connectivity index (χ4n) is 5.13. The first kappa shape index (κ1) is 24.9. The molecule has 0 saturated carbocycles. The van der Waals surface area contributed by atoms with Gasteiger partial charge in [0.2, 0.25) is 0 Å². The van der Waals surface area contributed by atoms with Crippen LogP contribution in [-0.4, -0.2) is 41.6 Å². The highest BCUT2D eigenvalue weighted by Crippen LogP contribution is 2.45. The Bertz CT molecular complexity index is 1660. The number of methoxy groups -OCH3 is 1. The molecule has 1 aromatic heterocycles. The first-order chi connectivity index (χ1) is 18.9. The van der Waals surface area contributed by atoms with E-state index in [0.29, 0.717) is 46.3 Å². The third kappa shape index (κ3) is 4.28. The monoisotopic (exact) mass is 542 g/mol. The standard InChI is InChI=1S/C30H26N2O6S/c1-4-37-21-9-10-22-24(15-21)39-30(31-22)32-26(17-6-5-7-20(14-17)36-3)25(28(34)29(32)35)27(33)18-8-11-23-19(13-18)12-16(2)38-23/h5-11,13-16,26,33H,4,12H2,1-3H3/b27-25-. The summed E-state index contributed by atoms with van der Waals surface area (Å²) in [5.41, 5.74) is 2.67. The average Bonchev–Trinajstić information content (AvgIpc) is 3.60. The van der Waals surface area contributed by atoms with Gasteiger partial charge in [-0.15, -0.1) is 0 Å². The molecule has 1 saturated heterocycles. The van der Waals surface area contributed by atoms with Crippen molar-refractivity contribution in [2.24, 2.45) is 0 Å². The highest BCUT2D eigenvalue weighted by molar-refractivity contribution is 7.22. The second-order valence-electron chi connectivity index (χ2n) is 9.46. The van der Waals surface area contributed by atoms with Gasteiger partial charge in [0.1, 0.15) is 29.1 Å². The van der Waals surface area contributed by atoms with E-state index in [9.17, 15) is 14.7 Å². The number of aromatic nitrogens is 1. The number of anilines is 1. The number of benzene rings is 3. The number of ether oxygens (including phenoxy) is 3. The normalized spacial score (nSPS) is 19.8. The second-order valence-corrected chi connectivity index (χ2v) is 10.5. The Morgan fingerprint density at radius 1 is 1.13 bits per heavy atom. The van der Waals surface area contributed by atoms with E-state index in [2.05, 4.69) is 4.98 Å². The van der Waals surface area contributed by atoms with Gasteiger partial charge >= 0.3 is 5.91 Å². The fraction of sp³-hybridized carbons (Fsp3) is 0.233. The molecule has 0 radical (unpaired) electrons. The van der Waals surface area contributed by atoms with Gasteiger partial charge in [-0.05, 0) is 73.5 Å². The summed E-state index contributed by atoms with van der Waals surface area (Å²) < 4.78 is 17.7. The summed E-state index contributed by atoms with van der Waals surface area (Å²) in [4.78, 5) is 33.2.